The number of methoxy groups -OCH3 is 2. The summed E-state index contributed by atoms with van der Waals surface area (Å²) in [6, 6.07) is 3.73. The van der Waals surface area contributed by atoms with E-state index >= 15 is 0 Å². The van der Waals surface area contributed by atoms with Crippen molar-refractivity contribution in [2.75, 3.05) is 19.5 Å². The molecule has 0 radical (unpaired) electrons. The van der Waals surface area contributed by atoms with Gasteiger partial charge in [0.25, 0.3) is 0 Å². The monoisotopic (exact) mass is 319 g/mol. The Labute approximate surface area is 137 Å². The molecule has 1 heterocycles. The van der Waals surface area contributed by atoms with E-state index in [0.29, 0.717) is 23.2 Å². The SMILES string of the molecule is COc1cc(C)c(N[C@@H](C)c2nc(C(C)(C)C)no2)cc1OC. The second-order valence-corrected chi connectivity index (χ2v) is 6.59. The molecule has 23 heavy (non-hydrogen) atoms. The van der Waals surface area contributed by atoms with Gasteiger partial charge in [0.1, 0.15) is 6.04 Å². The number of aromatic nitrogens is 2. The molecule has 0 aliphatic heterocycles. The van der Waals surface area contributed by atoms with Crippen molar-refractivity contribution in [3.8, 4) is 11.5 Å². The fraction of sp³-hybridized carbons (Fsp3) is 0.529. The summed E-state index contributed by atoms with van der Waals surface area (Å²) in [6.07, 6.45) is 0. The number of benzene rings is 1. The summed E-state index contributed by atoms with van der Waals surface area (Å²) in [5, 5.41) is 7.45. The van der Waals surface area contributed by atoms with Crippen LogP contribution in [0.4, 0.5) is 5.69 Å². The zero-order valence-corrected chi connectivity index (χ0v) is 14.9. The van der Waals surface area contributed by atoms with Gasteiger partial charge in [0.2, 0.25) is 5.89 Å². The zero-order chi connectivity index (χ0) is 17.2. The Hall–Kier alpha value is -2.24. The predicted octanol–water partition coefficient (Wildman–Crippen LogP) is 3.87. The van der Waals surface area contributed by atoms with Gasteiger partial charge < -0.3 is 19.3 Å². The van der Waals surface area contributed by atoms with Crippen LogP contribution in [0, 0.1) is 6.92 Å². The highest BCUT2D eigenvalue weighted by atomic mass is 16.5. The summed E-state index contributed by atoms with van der Waals surface area (Å²) in [6.45, 7) is 10.1. The number of aryl methyl sites for hydroxylation is 1. The van der Waals surface area contributed by atoms with Gasteiger partial charge in [-0.1, -0.05) is 25.9 Å². The molecule has 0 amide bonds. The molecule has 126 valence electrons. The molecule has 0 fully saturated rings. The molecule has 6 heteroatoms. The zero-order valence-electron chi connectivity index (χ0n) is 14.9. The minimum absolute atomic E-state index is 0.115. The largest absolute Gasteiger partial charge is 0.493 e. The van der Waals surface area contributed by atoms with Crippen molar-refractivity contribution < 1.29 is 14.0 Å². The summed E-state index contributed by atoms with van der Waals surface area (Å²) in [4.78, 5) is 4.49. The first-order valence-corrected chi connectivity index (χ1v) is 7.59. The van der Waals surface area contributed by atoms with Gasteiger partial charge in [0.05, 0.1) is 14.2 Å². The molecule has 0 aliphatic carbocycles. The summed E-state index contributed by atoms with van der Waals surface area (Å²) in [5.74, 6) is 2.64. The topological polar surface area (TPSA) is 69.4 Å². The molecule has 2 rings (SSSR count). The Morgan fingerprint density at radius 1 is 1.13 bits per heavy atom. The van der Waals surface area contributed by atoms with Gasteiger partial charge in [-0.2, -0.15) is 4.98 Å². The van der Waals surface area contributed by atoms with Gasteiger partial charge in [0.15, 0.2) is 17.3 Å². The quantitative estimate of drug-likeness (QED) is 0.902. The molecule has 1 N–H and O–H groups in total. The first-order chi connectivity index (χ1) is 10.8. The second kappa shape index (κ2) is 6.48. The van der Waals surface area contributed by atoms with E-state index in [9.17, 15) is 0 Å². The minimum atomic E-state index is -0.138. The first kappa shape index (κ1) is 17.1. The molecule has 0 saturated carbocycles. The maximum atomic E-state index is 5.39. The number of nitrogens with zero attached hydrogens (tertiary/aromatic N) is 2. The highest BCUT2D eigenvalue weighted by Crippen LogP contribution is 2.34. The van der Waals surface area contributed by atoms with E-state index in [2.05, 4.69) is 36.2 Å². The van der Waals surface area contributed by atoms with Gasteiger partial charge in [-0.25, -0.2) is 0 Å². The van der Waals surface area contributed by atoms with Gasteiger partial charge in [-0.15, -0.1) is 0 Å². The molecular formula is C17H25N3O3. The predicted molar refractivity (Wildman–Crippen MR) is 89.3 cm³/mol. The Balaban J connectivity index is 2.23. The van der Waals surface area contributed by atoms with Crippen molar-refractivity contribution in [3.05, 3.63) is 29.4 Å². The lowest BCUT2D eigenvalue weighted by Crippen LogP contribution is -2.14. The van der Waals surface area contributed by atoms with E-state index in [1.54, 1.807) is 14.2 Å². The average Bonchev–Trinajstić information content (AvgIpc) is 2.98. The lowest BCUT2D eigenvalue weighted by molar-refractivity contribution is 0.352. The van der Waals surface area contributed by atoms with E-state index < -0.39 is 0 Å². The average molecular weight is 319 g/mol. The first-order valence-electron chi connectivity index (χ1n) is 7.59. The molecule has 2 aromatic rings. The maximum Gasteiger partial charge on any atom is 0.248 e. The highest BCUT2D eigenvalue weighted by Gasteiger charge is 2.23. The van der Waals surface area contributed by atoms with Crippen molar-refractivity contribution in [2.45, 2.75) is 46.1 Å². The third kappa shape index (κ3) is 3.75. The van der Waals surface area contributed by atoms with E-state index in [0.717, 1.165) is 11.3 Å². The van der Waals surface area contributed by atoms with Crippen molar-refractivity contribution >= 4 is 5.69 Å². The van der Waals surface area contributed by atoms with Crippen LogP contribution >= 0.6 is 0 Å². The van der Waals surface area contributed by atoms with Crippen LogP contribution in [0.2, 0.25) is 0 Å². The van der Waals surface area contributed by atoms with Crippen molar-refractivity contribution in [1.29, 1.82) is 0 Å². The normalized spacial score (nSPS) is 12.8. The summed E-state index contributed by atoms with van der Waals surface area (Å²) in [5.41, 5.74) is 1.84. The number of hydrogen-bond acceptors (Lipinski definition) is 6. The fourth-order valence-electron chi connectivity index (χ4n) is 2.15. The Morgan fingerprint density at radius 3 is 2.26 bits per heavy atom. The third-order valence-electron chi connectivity index (χ3n) is 3.59. The number of anilines is 1. The molecule has 1 aromatic carbocycles. The van der Waals surface area contributed by atoms with Gasteiger partial charge >= 0.3 is 0 Å². The smallest absolute Gasteiger partial charge is 0.248 e. The van der Waals surface area contributed by atoms with Crippen molar-refractivity contribution in [3.63, 3.8) is 0 Å². The molecule has 0 unspecified atom stereocenters. The van der Waals surface area contributed by atoms with E-state index in [1.807, 2.05) is 26.0 Å². The number of ether oxygens (including phenoxy) is 2. The van der Waals surface area contributed by atoms with Gasteiger partial charge in [-0.05, 0) is 25.5 Å². The third-order valence-corrected chi connectivity index (χ3v) is 3.59. The Morgan fingerprint density at radius 2 is 1.74 bits per heavy atom. The highest BCUT2D eigenvalue weighted by molar-refractivity contribution is 5.60. The summed E-state index contributed by atoms with van der Waals surface area (Å²) >= 11 is 0. The van der Waals surface area contributed by atoms with E-state index in [4.69, 9.17) is 14.0 Å². The van der Waals surface area contributed by atoms with Crippen LogP contribution in [-0.4, -0.2) is 24.4 Å². The summed E-state index contributed by atoms with van der Waals surface area (Å²) in [7, 11) is 3.24. The van der Waals surface area contributed by atoms with Crippen LogP contribution in [0.3, 0.4) is 0 Å². The second-order valence-electron chi connectivity index (χ2n) is 6.59. The molecule has 0 spiro atoms. The van der Waals surface area contributed by atoms with E-state index in [-0.39, 0.29) is 11.5 Å². The number of nitrogens with one attached hydrogen (secondary N) is 1. The molecule has 6 nitrogen and oxygen atoms in total. The van der Waals surface area contributed by atoms with Crippen molar-refractivity contribution in [1.82, 2.24) is 10.1 Å². The lowest BCUT2D eigenvalue weighted by atomic mass is 9.96. The maximum absolute atomic E-state index is 5.39. The van der Waals surface area contributed by atoms with Gasteiger partial charge in [0, 0.05) is 17.2 Å². The number of hydrogen-bond donors (Lipinski definition) is 1. The van der Waals surface area contributed by atoms with Gasteiger partial charge in [-0.3, -0.25) is 0 Å². The lowest BCUT2D eigenvalue weighted by Gasteiger charge is -2.17. The molecule has 1 aromatic heterocycles. The summed E-state index contributed by atoms with van der Waals surface area (Å²) < 4.78 is 16.0. The van der Waals surface area contributed by atoms with Crippen LogP contribution in [0.1, 0.15) is 51.0 Å². The Kier molecular flexibility index (Phi) is 4.82. The molecule has 0 bridgehead atoms. The number of rotatable bonds is 5. The van der Waals surface area contributed by atoms with Crippen LogP contribution in [0.5, 0.6) is 11.5 Å². The Bertz CT molecular complexity index is 674. The van der Waals surface area contributed by atoms with Crippen LogP contribution in [-0.2, 0) is 5.41 Å². The minimum Gasteiger partial charge on any atom is -0.493 e. The van der Waals surface area contributed by atoms with Crippen LogP contribution in [0.15, 0.2) is 16.7 Å². The van der Waals surface area contributed by atoms with Crippen molar-refractivity contribution in [2.24, 2.45) is 0 Å². The van der Waals surface area contributed by atoms with Crippen LogP contribution in [0.25, 0.3) is 0 Å². The molecular weight excluding hydrogens is 294 g/mol. The molecule has 0 aliphatic rings. The standard InChI is InChI=1S/C17H25N3O3/c1-10-8-13(21-6)14(22-7)9-12(10)18-11(2)15-19-16(20-23-15)17(3,4)5/h8-9,11,18H,1-7H3/t11-/m0/s1. The molecule has 0 saturated heterocycles. The fourth-order valence-corrected chi connectivity index (χ4v) is 2.15. The molecule has 1 atom stereocenters. The van der Waals surface area contributed by atoms with Crippen LogP contribution < -0.4 is 14.8 Å². The van der Waals surface area contributed by atoms with E-state index in [1.165, 1.54) is 0 Å².